The van der Waals surface area contributed by atoms with Gasteiger partial charge in [-0.25, -0.2) is 4.39 Å². The molecule has 0 amide bonds. The summed E-state index contributed by atoms with van der Waals surface area (Å²) >= 11 is 0. The molecule has 4 heteroatoms. The first-order valence-corrected chi connectivity index (χ1v) is 8.11. The Hall–Kier alpha value is -1.13. The van der Waals surface area contributed by atoms with Gasteiger partial charge in [-0.1, -0.05) is 13.8 Å². The maximum Gasteiger partial charge on any atom is 0.123 e. The van der Waals surface area contributed by atoms with Crippen molar-refractivity contribution in [2.45, 2.75) is 64.6 Å². The van der Waals surface area contributed by atoms with Gasteiger partial charge in [-0.3, -0.25) is 0 Å². The second-order valence-corrected chi connectivity index (χ2v) is 6.35. The Labute approximate surface area is 133 Å². The van der Waals surface area contributed by atoms with Crippen molar-refractivity contribution in [3.8, 4) is 5.75 Å². The minimum absolute atomic E-state index is 0.140. The molecule has 1 aromatic rings. The Kier molecular flexibility index (Phi) is 8.43. The Morgan fingerprint density at radius 3 is 2.14 bits per heavy atom. The van der Waals surface area contributed by atoms with Crippen molar-refractivity contribution in [2.24, 2.45) is 5.92 Å². The van der Waals surface area contributed by atoms with Crippen molar-refractivity contribution in [2.75, 3.05) is 7.11 Å². The minimum atomic E-state index is -0.190. The van der Waals surface area contributed by atoms with Gasteiger partial charge in [0.1, 0.15) is 11.6 Å². The molecular weight excluding hydrogens is 283 g/mol. The highest BCUT2D eigenvalue weighted by molar-refractivity contribution is 5.33. The summed E-state index contributed by atoms with van der Waals surface area (Å²) in [6.45, 7) is 4.32. The maximum absolute atomic E-state index is 13.0. The van der Waals surface area contributed by atoms with E-state index in [4.69, 9.17) is 14.9 Å². The second kappa shape index (κ2) is 9.80. The molecular formula is C18H29FO3. The Bertz CT molecular complexity index is 416. The lowest BCUT2D eigenvalue weighted by atomic mass is 9.95. The molecule has 1 fully saturated rings. The summed E-state index contributed by atoms with van der Waals surface area (Å²) in [5, 5.41) is 17.8. The number of ether oxygens (including phenoxy) is 1. The van der Waals surface area contributed by atoms with Crippen LogP contribution in [0, 0.1) is 11.7 Å². The quantitative estimate of drug-likeness (QED) is 0.891. The molecule has 0 spiro atoms. The molecule has 3 nitrogen and oxygen atoms in total. The van der Waals surface area contributed by atoms with Crippen molar-refractivity contribution in [3.05, 3.63) is 29.6 Å². The monoisotopic (exact) mass is 312 g/mol. The van der Waals surface area contributed by atoms with Gasteiger partial charge in [0.25, 0.3) is 0 Å². The zero-order valence-corrected chi connectivity index (χ0v) is 13.9. The summed E-state index contributed by atoms with van der Waals surface area (Å²) in [4.78, 5) is 0. The van der Waals surface area contributed by atoms with Crippen molar-refractivity contribution in [1.29, 1.82) is 0 Å². The third-order valence-electron chi connectivity index (χ3n) is 3.90. The number of hydrogen-bond acceptors (Lipinski definition) is 3. The Morgan fingerprint density at radius 1 is 1.14 bits per heavy atom. The van der Waals surface area contributed by atoms with E-state index in [9.17, 15) is 4.39 Å². The van der Waals surface area contributed by atoms with Gasteiger partial charge in [-0.15, -0.1) is 0 Å². The molecule has 1 aliphatic carbocycles. The number of rotatable bonds is 4. The van der Waals surface area contributed by atoms with Crippen LogP contribution in [0.2, 0.25) is 0 Å². The number of halogens is 1. The first-order valence-electron chi connectivity index (χ1n) is 8.11. The summed E-state index contributed by atoms with van der Waals surface area (Å²) in [7, 11) is 1.62. The molecule has 0 bridgehead atoms. The summed E-state index contributed by atoms with van der Waals surface area (Å²) in [5.74, 6) is 1.22. The number of aliphatic hydroxyl groups is 2. The van der Waals surface area contributed by atoms with Gasteiger partial charge in [-0.2, -0.15) is 0 Å². The summed E-state index contributed by atoms with van der Waals surface area (Å²) in [6.07, 6.45) is 4.76. The Balaban J connectivity index is 0.000000255. The molecule has 2 rings (SSSR count). The van der Waals surface area contributed by atoms with Gasteiger partial charge in [0.15, 0.2) is 0 Å². The van der Waals surface area contributed by atoms with E-state index in [1.165, 1.54) is 6.07 Å². The number of aryl methyl sites for hydroxylation is 1. The molecule has 126 valence electrons. The van der Waals surface area contributed by atoms with E-state index in [1.807, 2.05) is 0 Å². The van der Waals surface area contributed by atoms with Gasteiger partial charge in [-0.05, 0) is 68.2 Å². The predicted octanol–water partition coefficient (Wildman–Crippen LogP) is 3.71. The highest BCUT2D eigenvalue weighted by atomic mass is 19.1. The SMILES string of the molecule is COc1ccc(F)cc1CCC(C)C.OC1CCC(O)CC1. The van der Waals surface area contributed by atoms with Crippen LogP contribution in [0.4, 0.5) is 4.39 Å². The van der Waals surface area contributed by atoms with Crippen LogP contribution in [0.5, 0.6) is 5.75 Å². The zero-order valence-electron chi connectivity index (χ0n) is 13.9. The summed E-state index contributed by atoms with van der Waals surface area (Å²) in [5.41, 5.74) is 0.959. The molecule has 0 unspecified atom stereocenters. The number of hydrogen-bond donors (Lipinski definition) is 2. The van der Waals surface area contributed by atoms with E-state index >= 15 is 0 Å². The summed E-state index contributed by atoms with van der Waals surface area (Å²) < 4.78 is 18.1. The van der Waals surface area contributed by atoms with E-state index in [2.05, 4.69) is 13.8 Å². The molecule has 1 saturated carbocycles. The molecule has 0 saturated heterocycles. The molecule has 0 aliphatic heterocycles. The molecule has 0 atom stereocenters. The fraction of sp³-hybridized carbons (Fsp3) is 0.667. The van der Waals surface area contributed by atoms with Crippen LogP contribution in [-0.4, -0.2) is 29.5 Å². The number of aliphatic hydroxyl groups excluding tert-OH is 2. The van der Waals surface area contributed by atoms with Crippen LogP contribution in [0.15, 0.2) is 18.2 Å². The van der Waals surface area contributed by atoms with Crippen LogP contribution >= 0.6 is 0 Å². The summed E-state index contributed by atoms with van der Waals surface area (Å²) in [6, 6.07) is 4.67. The van der Waals surface area contributed by atoms with E-state index in [1.54, 1.807) is 19.2 Å². The molecule has 2 N–H and O–H groups in total. The topological polar surface area (TPSA) is 49.7 Å². The van der Waals surface area contributed by atoms with E-state index in [0.29, 0.717) is 5.92 Å². The molecule has 0 radical (unpaired) electrons. The molecule has 1 aromatic carbocycles. The van der Waals surface area contributed by atoms with Gasteiger partial charge in [0.05, 0.1) is 19.3 Å². The second-order valence-electron chi connectivity index (χ2n) is 6.35. The van der Waals surface area contributed by atoms with Gasteiger partial charge in [0, 0.05) is 0 Å². The number of benzene rings is 1. The van der Waals surface area contributed by atoms with Crippen molar-refractivity contribution >= 4 is 0 Å². The molecule has 0 heterocycles. The van der Waals surface area contributed by atoms with Gasteiger partial charge >= 0.3 is 0 Å². The van der Waals surface area contributed by atoms with Crippen LogP contribution in [-0.2, 0) is 6.42 Å². The van der Waals surface area contributed by atoms with E-state index in [0.717, 1.165) is 49.8 Å². The average Bonchev–Trinajstić information content (AvgIpc) is 2.49. The normalized spacial score (nSPS) is 21.2. The molecule has 0 aromatic heterocycles. The largest absolute Gasteiger partial charge is 0.496 e. The lowest BCUT2D eigenvalue weighted by molar-refractivity contribution is 0.0541. The van der Waals surface area contributed by atoms with E-state index in [-0.39, 0.29) is 18.0 Å². The third-order valence-corrected chi connectivity index (χ3v) is 3.90. The number of methoxy groups -OCH3 is 1. The first-order chi connectivity index (χ1) is 10.4. The Morgan fingerprint density at radius 2 is 1.68 bits per heavy atom. The van der Waals surface area contributed by atoms with E-state index < -0.39 is 0 Å². The third kappa shape index (κ3) is 7.23. The first kappa shape index (κ1) is 18.9. The predicted molar refractivity (Wildman–Crippen MR) is 86.6 cm³/mol. The average molecular weight is 312 g/mol. The molecule has 1 aliphatic rings. The van der Waals surface area contributed by atoms with Crippen molar-refractivity contribution in [3.63, 3.8) is 0 Å². The maximum atomic E-state index is 13.0. The standard InChI is InChI=1S/C12H17FO.C6H12O2/c1-9(2)4-5-10-8-11(13)6-7-12(10)14-3;7-5-1-2-6(8)4-3-5/h6-9H,4-5H2,1-3H3;5-8H,1-4H2. The lowest BCUT2D eigenvalue weighted by Gasteiger charge is -2.20. The molecule has 22 heavy (non-hydrogen) atoms. The fourth-order valence-electron chi connectivity index (χ4n) is 2.44. The highest BCUT2D eigenvalue weighted by Gasteiger charge is 2.16. The van der Waals surface area contributed by atoms with Crippen LogP contribution in [0.1, 0.15) is 51.5 Å². The highest BCUT2D eigenvalue weighted by Crippen LogP contribution is 2.22. The lowest BCUT2D eigenvalue weighted by Crippen LogP contribution is -2.21. The zero-order chi connectivity index (χ0) is 16.5. The van der Waals surface area contributed by atoms with Crippen LogP contribution in [0.25, 0.3) is 0 Å². The van der Waals surface area contributed by atoms with Gasteiger partial charge in [0.2, 0.25) is 0 Å². The minimum Gasteiger partial charge on any atom is -0.496 e. The van der Waals surface area contributed by atoms with Gasteiger partial charge < -0.3 is 14.9 Å². The fourth-order valence-corrected chi connectivity index (χ4v) is 2.44. The van der Waals surface area contributed by atoms with Crippen LogP contribution in [0.3, 0.4) is 0 Å². The van der Waals surface area contributed by atoms with Crippen molar-refractivity contribution in [1.82, 2.24) is 0 Å². The smallest absolute Gasteiger partial charge is 0.123 e. The van der Waals surface area contributed by atoms with Crippen LogP contribution < -0.4 is 4.74 Å². The van der Waals surface area contributed by atoms with Crippen molar-refractivity contribution < 1.29 is 19.3 Å².